The van der Waals surface area contributed by atoms with Gasteiger partial charge in [0.1, 0.15) is 18.5 Å². The number of nitriles is 1. The van der Waals surface area contributed by atoms with Crippen molar-refractivity contribution in [2.45, 2.75) is 51.5 Å². The molecular formula is C32H32N2O7. The Hall–Kier alpha value is -4.26. The highest BCUT2D eigenvalue weighted by molar-refractivity contribution is 5.70. The van der Waals surface area contributed by atoms with Gasteiger partial charge in [-0.1, -0.05) is 24.3 Å². The van der Waals surface area contributed by atoms with Crippen LogP contribution in [0.3, 0.4) is 0 Å². The molecule has 0 saturated carbocycles. The van der Waals surface area contributed by atoms with Crippen molar-refractivity contribution in [2.24, 2.45) is 0 Å². The molecule has 9 nitrogen and oxygen atoms in total. The minimum atomic E-state index is -0.653. The maximum Gasteiger partial charge on any atom is 0.410 e. The molecule has 3 aliphatic heterocycles. The van der Waals surface area contributed by atoms with Crippen LogP contribution in [0.4, 0.5) is 4.79 Å². The smallest absolute Gasteiger partial charge is 0.410 e. The van der Waals surface area contributed by atoms with Crippen molar-refractivity contribution in [3.8, 4) is 23.3 Å². The van der Waals surface area contributed by atoms with Gasteiger partial charge in [0.05, 0.1) is 38.0 Å². The molecule has 3 aromatic rings. The van der Waals surface area contributed by atoms with Gasteiger partial charge in [-0.05, 0) is 59.5 Å². The van der Waals surface area contributed by atoms with Crippen molar-refractivity contribution < 1.29 is 33.2 Å². The molecule has 1 saturated heterocycles. The third kappa shape index (κ3) is 6.24. The molecule has 0 N–H and O–H groups in total. The first-order chi connectivity index (χ1) is 19.8. The number of carbonyl (C=O) groups is 1. The first-order valence-electron chi connectivity index (χ1n) is 13.8. The predicted molar refractivity (Wildman–Crippen MR) is 148 cm³/mol. The van der Waals surface area contributed by atoms with Crippen molar-refractivity contribution in [2.75, 3.05) is 26.3 Å². The van der Waals surface area contributed by atoms with E-state index in [9.17, 15) is 4.79 Å². The van der Waals surface area contributed by atoms with Crippen molar-refractivity contribution in [1.29, 1.82) is 5.26 Å². The molecule has 0 spiro atoms. The van der Waals surface area contributed by atoms with Crippen LogP contribution in [0.5, 0.6) is 17.2 Å². The highest BCUT2D eigenvalue weighted by atomic mass is 16.7. The third-order valence-electron chi connectivity index (χ3n) is 7.30. The summed E-state index contributed by atoms with van der Waals surface area (Å²) >= 11 is 0. The number of benzene rings is 3. The Morgan fingerprint density at radius 1 is 1.02 bits per heavy atom. The number of carbonyl (C=O) groups excluding carboxylic acids is 1. The Morgan fingerprint density at radius 2 is 1.90 bits per heavy atom. The van der Waals surface area contributed by atoms with Crippen LogP contribution >= 0.6 is 0 Å². The highest BCUT2D eigenvalue weighted by Crippen LogP contribution is 2.36. The molecule has 3 aromatic carbocycles. The van der Waals surface area contributed by atoms with Gasteiger partial charge < -0.3 is 33.3 Å². The van der Waals surface area contributed by atoms with Gasteiger partial charge in [-0.15, -0.1) is 0 Å². The van der Waals surface area contributed by atoms with E-state index in [4.69, 9.17) is 33.7 Å². The van der Waals surface area contributed by atoms with E-state index in [1.54, 1.807) is 11.0 Å². The van der Waals surface area contributed by atoms with Gasteiger partial charge in [-0.25, -0.2) is 4.79 Å². The summed E-state index contributed by atoms with van der Waals surface area (Å²) in [5.41, 5.74) is 4.45. The van der Waals surface area contributed by atoms with Crippen molar-refractivity contribution in [3.05, 3.63) is 88.5 Å². The fourth-order valence-corrected chi connectivity index (χ4v) is 5.12. The Morgan fingerprint density at radius 3 is 2.78 bits per heavy atom. The summed E-state index contributed by atoms with van der Waals surface area (Å²) in [5, 5.41) is 9.07. The largest absolute Gasteiger partial charge is 0.486 e. The van der Waals surface area contributed by atoms with E-state index in [1.807, 2.05) is 68.4 Å². The van der Waals surface area contributed by atoms with E-state index in [1.165, 1.54) is 0 Å². The van der Waals surface area contributed by atoms with Gasteiger partial charge in [-0.2, -0.15) is 5.26 Å². The van der Waals surface area contributed by atoms with Crippen LogP contribution in [0.15, 0.2) is 60.7 Å². The van der Waals surface area contributed by atoms with Gasteiger partial charge in [-0.3, -0.25) is 0 Å². The van der Waals surface area contributed by atoms with Crippen molar-refractivity contribution in [1.82, 2.24) is 4.90 Å². The molecule has 2 atom stereocenters. The number of rotatable bonds is 8. The molecule has 9 heteroatoms. The summed E-state index contributed by atoms with van der Waals surface area (Å²) in [6, 6.07) is 21.2. The molecule has 3 aliphatic rings. The summed E-state index contributed by atoms with van der Waals surface area (Å²) in [6.07, 6.45) is -0.261. The fraction of sp³-hybridized carbons (Fsp3) is 0.375. The number of nitrogens with zero attached hydrogens (tertiary/aromatic N) is 2. The number of amides is 1. The minimum absolute atomic E-state index is 0.246. The monoisotopic (exact) mass is 556 g/mol. The summed E-state index contributed by atoms with van der Waals surface area (Å²) in [5.74, 6) is 1.50. The van der Waals surface area contributed by atoms with Gasteiger partial charge in [0.2, 0.25) is 5.79 Å². The van der Waals surface area contributed by atoms with E-state index < -0.39 is 5.79 Å². The average Bonchev–Trinajstić information content (AvgIpc) is 3.35. The first kappa shape index (κ1) is 26.9. The van der Waals surface area contributed by atoms with Crippen LogP contribution < -0.4 is 14.2 Å². The number of fused-ring (bicyclic) bond motifs is 2. The quantitative estimate of drug-likeness (QED) is 0.369. The summed E-state index contributed by atoms with van der Waals surface area (Å²) < 4.78 is 35.2. The molecule has 3 heterocycles. The fourth-order valence-electron chi connectivity index (χ4n) is 5.12. The van der Waals surface area contributed by atoms with Crippen molar-refractivity contribution in [3.63, 3.8) is 0 Å². The summed E-state index contributed by atoms with van der Waals surface area (Å²) in [4.78, 5) is 14.4. The molecule has 0 unspecified atom stereocenters. The van der Waals surface area contributed by atoms with Crippen molar-refractivity contribution >= 4 is 6.09 Å². The Balaban J connectivity index is 1.01. The highest BCUT2D eigenvalue weighted by Gasteiger charge is 2.34. The average molecular weight is 557 g/mol. The lowest BCUT2D eigenvalue weighted by Gasteiger charge is -2.32. The van der Waals surface area contributed by atoms with Gasteiger partial charge >= 0.3 is 6.09 Å². The maximum atomic E-state index is 12.6. The molecule has 6 rings (SSSR count). The van der Waals surface area contributed by atoms with Gasteiger partial charge in [0, 0.05) is 26.0 Å². The van der Waals surface area contributed by atoms with E-state index in [2.05, 4.69) is 6.07 Å². The topological polar surface area (TPSA) is 99.5 Å². The second-order valence-electron chi connectivity index (χ2n) is 10.9. The summed E-state index contributed by atoms with van der Waals surface area (Å²) in [6.45, 7) is 6.37. The lowest BCUT2D eigenvalue weighted by Crippen LogP contribution is -2.35. The standard InChI is InChI=1S/C32H32N2O7/c1-32(2)38-18-25-14-24(7-9-27(25)41-32)30-16-34(31(35)40-30)11-10-21-6-8-28-29(13-21)39-26(20-37-28)19-36-17-23-5-3-4-22(12-23)15-33/h3-9,12-14,26,30H,10-11,16-20H2,1-2H3/t26-,30+/m1/s1. The second kappa shape index (κ2) is 11.3. The molecule has 1 amide bonds. The third-order valence-corrected chi connectivity index (χ3v) is 7.30. The molecular weight excluding hydrogens is 524 g/mol. The van der Waals surface area contributed by atoms with E-state index >= 15 is 0 Å². The zero-order chi connectivity index (χ0) is 28.4. The lowest BCUT2D eigenvalue weighted by atomic mass is 10.0. The van der Waals surface area contributed by atoms with Crippen LogP contribution in [0.2, 0.25) is 0 Å². The number of ether oxygens (including phenoxy) is 6. The van der Waals surface area contributed by atoms with Crippen LogP contribution in [-0.4, -0.2) is 49.2 Å². The normalized spacial score (nSPS) is 20.5. The zero-order valence-electron chi connectivity index (χ0n) is 23.1. The minimum Gasteiger partial charge on any atom is -0.486 e. The first-order valence-corrected chi connectivity index (χ1v) is 13.8. The molecule has 0 bridgehead atoms. The number of cyclic esters (lactones) is 1. The van der Waals surface area contributed by atoms with Crippen LogP contribution in [-0.2, 0) is 33.8 Å². The number of hydrogen-bond acceptors (Lipinski definition) is 8. The maximum absolute atomic E-state index is 12.6. The zero-order valence-corrected chi connectivity index (χ0v) is 23.1. The molecule has 212 valence electrons. The molecule has 0 radical (unpaired) electrons. The Bertz CT molecular complexity index is 1480. The van der Waals surface area contributed by atoms with E-state index in [0.29, 0.717) is 63.0 Å². The summed E-state index contributed by atoms with van der Waals surface area (Å²) in [7, 11) is 0. The van der Waals surface area contributed by atoms with Crippen LogP contribution in [0.1, 0.15) is 47.8 Å². The Labute approximate surface area is 239 Å². The molecule has 0 aliphatic carbocycles. The SMILES string of the molecule is CC1(C)OCc2cc([C@@H]3CN(CCc4ccc5c(c4)O[C@H](COCc4cccc(C#N)c4)CO5)C(=O)O3)ccc2O1. The number of hydrogen-bond donors (Lipinski definition) is 0. The van der Waals surface area contributed by atoms with E-state index in [-0.39, 0.29) is 18.3 Å². The van der Waals surface area contributed by atoms with Gasteiger partial charge in [0.15, 0.2) is 17.6 Å². The molecule has 41 heavy (non-hydrogen) atoms. The molecule has 0 aromatic heterocycles. The second-order valence-corrected chi connectivity index (χ2v) is 10.9. The van der Waals surface area contributed by atoms with Crippen LogP contribution in [0.25, 0.3) is 0 Å². The van der Waals surface area contributed by atoms with E-state index in [0.717, 1.165) is 28.0 Å². The molecule has 1 fully saturated rings. The Kier molecular flexibility index (Phi) is 7.43. The van der Waals surface area contributed by atoms with Gasteiger partial charge in [0.25, 0.3) is 0 Å². The predicted octanol–water partition coefficient (Wildman–Crippen LogP) is 5.30. The van der Waals surface area contributed by atoms with Crippen LogP contribution in [0, 0.1) is 11.3 Å². The lowest BCUT2D eigenvalue weighted by molar-refractivity contribution is -0.180.